The lowest BCUT2D eigenvalue weighted by atomic mass is 10.1. The number of hydrogen-bond donors (Lipinski definition) is 2. The van der Waals surface area contributed by atoms with Gasteiger partial charge in [0.15, 0.2) is 0 Å². The molecule has 0 atom stereocenters. The SMILES string of the molecule is CCCNC(=O)CN(C)c1ccc(C=CC(=O)O)cc1C. The molecule has 21 heavy (non-hydrogen) atoms. The number of carbonyl (C=O) groups is 2. The Kier molecular flexibility index (Phi) is 6.46. The maximum Gasteiger partial charge on any atom is 0.328 e. The van der Waals surface area contributed by atoms with Crippen molar-refractivity contribution in [3.63, 3.8) is 0 Å². The number of hydrogen-bond acceptors (Lipinski definition) is 3. The number of amides is 1. The smallest absolute Gasteiger partial charge is 0.328 e. The highest BCUT2D eigenvalue weighted by Gasteiger charge is 2.09. The Balaban J connectivity index is 2.75. The lowest BCUT2D eigenvalue weighted by Gasteiger charge is -2.21. The number of carboxylic acids is 1. The van der Waals surface area contributed by atoms with Gasteiger partial charge in [-0.15, -0.1) is 0 Å². The van der Waals surface area contributed by atoms with E-state index in [1.165, 1.54) is 0 Å². The van der Waals surface area contributed by atoms with Crippen LogP contribution in [0.3, 0.4) is 0 Å². The Morgan fingerprint density at radius 3 is 2.67 bits per heavy atom. The van der Waals surface area contributed by atoms with Gasteiger partial charge in [-0.25, -0.2) is 4.79 Å². The van der Waals surface area contributed by atoms with Crippen LogP contribution in [-0.4, -0.2) is 37.1 Å². The zero-order chi connectivity index (χ0) is 15.8. The molecule has 5 nitrogen and oxygen atoms in total. The fourth-order valence-corrected chi connectivity index (χ4v) is 2.00. The highest BCUT2D eigenvalue weighted by atomic mass is 16.4. The second kappa shape index (κ2) is 8.09. The number of rotatable bonds is 7. The van der Waals surface area contributed by atoms with Crippen molar-refractivity contribution < 1.29 is 14.7 Å². The normalized spacial score (nSPS) is 10.6. The number of aliphatic carboxylic acids is 1. The molecule has 0 aliphatic carbocycles. The molecule has 0 aliphatic rings. The summed E-state index contributed by atoms with van der Waals surface area (Å²) >= 11 is 0. The van der Waals surface area contributed by atoms with Crippen molar-refractivity contribution in [2.75, 3.05) is 25.0 Å². The topological polar surface area (TPSA) is 69.6 Å². The number of carbonyl (C=O) groups excluding carboxylic acids is 1. The van der Waals surface area contributed by atoms with E-state index in [0.29, 0.717) is 13.1 Å². The first kappa shape index (κ1) is 16.8. The van der Waals surface area contributed by atoms with E-state index in [1.54, 1.807) is 6.08 Å². The summed E-state index contributed by atoms with van der Waals surface area (Å²) in [6.45, 7) is 4.93. The highest BCUT2D eigenvalue weighted by Crippen LogP contribution is 2.20. The Bertz CT molecular complexity index is 538. The van der Waals surface area contributed by atoms with Crippen molar-refractivity contribution in [2.45, 2.75) is 20.3 Å². The Labute approximate surface area is 125 Å². The lowest BCUT2D eigenvalue weighted by Crippen LogP contribution is -2.35. The van der Waals surface area contributed by atoms with Crippen molar-refractivity contribution in [1.29, 1.82) is 0 Å². The molecule has 1 aromatic rings. The van der Waals surface area contributed by atoms with Crippen LogP contribution in [0.5, 0.6) is 0 Å². The third-order valence-electron chi connectivity index (χ3n) is 3.00. The van der Waals surface area contributed by atoms with E-state index in [-0.39, 0.29) is 5.91 Å². The maximum atomic E-state index is 11.7. The van der Waals surface area contributed by atoms with Crippen LogP contribution in [0.4, 0.5) is 5.69 Å². The molecule has 2 N–H and O–H groups in total. The quantitative estimate of drug-likeness (QED) is 0.754. The van der Waals surface area contributed by atoms with Gasteiger partial charge in [-0.05, 0) is 42.7 Å². The summed E-state index contributed by atoms with van der Waals surface area (Å²) in [4.78, 5) is 24.1. The minimum absolute atomic E-state index is 0.00593. The molecule has 0 aliphatic heterocycles. The maximum absolute atomic E-state index is 11.7. The lowest BCUT2D eigenvalue weighted by molar-refractivity contribution is -0.131. The van der Waals surface area contributed by atoms with Crippen LogP contribution >= 0.6 is 0 Å². The van der Waals surface area contributed by atoms with Gasteiger partial charge in [0.1, 0.15) is 0 Å². The van der Waals surface area contributed by atoms with E-state index in [2.05, 4.69) is 5.32 Å². The summed E-state index contributed by atoms with van der Waals surface area (Å²) < 4.78 is 0. The van der Waals surface area contributed by atoms with Crippen LogP contribution in [0, 0.1) is 6.92 Å². The predicted molar refractivity (Wildman–Crippen MR) is 84.4 cm³/mol. The fourth-order valence-electron chi connectivity index (χ4n) is 2.00. The number of anilines is 1. The van der Waals surface area contributed by atoms with Gasteiger partial charge in [0.25, 0.3) is 0 Å². The number of carboxylic acid groups (broad SMARTS) is 1. The minimum Gasteiger partial charge on any atom is -0.478 e. The second-order valence-corrected chi connectivity index (χ2v) is 4.92. The first-order chi connectivity index (χ1) is 9.93. The van der Waals surface area contributed by atoms with E-state index in [0.717, 1.165) is 29.3 Å². The minimum atomic E-state index is -0.971. The molecule has 1 amide bonds. The van der Waals surface area contributed by atoms with Crippen LogP contribution in [-0.2, 0) is 9.59 Å². The summed E-state index contributed by atoms with van der Waals surface area (Å²) in [5.41, 5.74) is 2.77. The third-order valence-corrected chi connectivity index (χ3v) is 3.00. The zero-order valence-electron chi connectivity index (χ0n) is 12.7. The average Bonchev–Trinajstić information content (AvgIpc) is 2.42. The molecular weight excluding hydrogens is 268 g/mol. The number of nitrogens with one attached hydrogen (secondary N) is 1. The molecule has 0 aromatic heterocycles. The standard InChI is InChI=1S/C16H22N2O3/c1-4-9-17-15(19)11-18(3)14-7-5-13(10-12(14)2)6-8-16(20)21/h5-8,10H,4,9,11H2,1-3H3,(H,17,19)(H,20,21). The molecule has 0 spiro atoms. The Morgan fingerprint density at radius 2 is 2.10 bits per heavy atom. The van der Waals surface area contributed by atoms with Crippen molar-refractivity contribution >= 4 is 23.6 Å². The molecule has 0 heterocycles. The summed E-state index contributed by atoms with van der Waals surface area (Å²) in [7, 11) is 1.86. The van der Waals surface area contributed by atoms with E-state index in [1.807, 2.05) is 44.0 Å². The van der Waals surface area contributed by atoms with Crippen LogP contribution in [0.25, 0.3) is 6.08 Å². The second-order valence-electron chi connectivity index (χ2n) is 4.92. The highest BCUT2D eigenvalue weighted by molar-refractivity contribution is 5.85. The molecule has 1 rings (SSSR count). The van der Waals surface area contributed by atoms with E-state index in [4.69, 9.17) is 5.11 Å². The van der Waals surface area contributed by atoms with Gasteiger partial charge in [-0.1, -0.05) is 13.0 Å². The van der Waals surface area contributed by atoms with Gasteiger partial charge in [-0.3, -0.25) is 4.79 Å². The molecule has 0 radical (unpaired) electrons. The Morgan fingerprint density at radius 1 is 1.38 bits per heavy atom. The van der Waals surface area contributed by atoms with Gasteiger partial charge >= 0.3 is 5.97 Å². The molecule has 0 saturated carbocycles. The summed E-state index contributed by atoms with van der Waals surface area (Å²) in [6, 6.07) is 5.63. The van der Waals surface area contributed by atoms with E-state index < -0.39 is 5.97 Å². The van der Waals surface area contributed by atoms with Crippen LogP contribution in [0.1, 0.15) is 24.5 Å². The largest absolute Gasteiger partial charge is 0.478 e. The Hall–Kier alpha value is -2.30. The van der Waals surface area contributed by atoms with Crippen molar-refractivity contribution in [3.05, 3.63) is 35.4 Å². The number of likely N-dealkylation sites (N-methyl/N-ethyl adjacent to an activating group) is 1. The summed E-state index contributed by atoms with van der Waals surface area (Å²) in [5, 5.41) is 11.5. The van der Waals surface area contributed by atoms with Gasteiger partial charge < -0.3 is 15.3 Å². The average molecular weight is 290 g/mol. The van der Waals surface area contributed by atoms with E-state index >= 15 is 0 Å². The molecule has 5 heteroatoms. The van der Waals surface area contributed by atoms with E-state index in [9.17, 15) is 9.59 Å². The van der Waals surface area contributed by atoms with Gasteiger partial charge in [-0.2, -0.15) is 0 Å². The summed E-state index contributed by atoms with van der Waals surface area (Å²) in [5.74, 6) is -0.977. The van der Waals surface area contributed by atoms with Crippen LogP contribution < -0.4 is 10.2 Å². The fraction of sp³-hybridized carbons (Fsp3) is 0.375. The molecule has 0 bridgehead atoms. The summed E-state index contributed by atoms with van der Waals surface area (Å²) in [6.07, 6.45) is 3.57. The van der Waals surface area contributed by atoms with Gasteiger partial charge in [0.2, 0.25) is 5.91 Å². The number of aryl methyl sites for hydroxylation is 1. The molecule has 0 unspecified atom stereocenters. The van der Waals surface area contributed by atoms with Crippen LogP contribution in [0.15, 0.2) is 24.3 Å². The third kappa shape index (κ3) is 5.69. The van der Waals surface area contributed by atoms with Crippen molar-refractivity contribution in [3.8, 4) is 0 Å². The van der Waals surface area contributed by atoms with Crippen molar-refractivity contribution in [1.82, 2.24) is 5.32 Å². The molecule has 0 saturated heterocycles. The predicted octanol–water partition coefficient (Wildman–Crippen LogP) is 2.06. The monoisotopic (exact) mass is 290 g/mol. The molecule has 0 fully saturated rings. The molecule has 1 aromatic carbocycles. The molecule has 114 valence electrons. The van der Waals surface area contributed by atoms with Gasteiger partial charge in [0.05, 0.1) is 6.54 Å². The van der Waals surface area contributed by atoms with Crippen LogP contribution in [0.2, 0.25) is 0 Å². The van der Waals surface area contributed by atoms with Crippen molar-refractivity contribution in [2.24, 2.45) is 0 Å². The zero-order valence-corrected chi connectivity index (χ0v) is 12.7. The first-order valence-electron chi connectivity index (χ1n) is 6.93. The number of benzene rings is 1. The first-order valence-corrected chi connectivity index (χ1v) is 6.93. The number of nitrogens with zero attached hydrogens (tertiary/aromatic N) is 1. The van der Waals surface area contributed by atoms with Gasteiger partial charge in [0, 0.05) is 25.4 Å². The molecular formula is C16H22N2O3.